The summed E-state index contributed by atoms with van der Waals surface area (Å²) in [5.41, 5.74) is -0.403. The smallest absolute Gasteiger partial charge is 0.0763 e. The lowest BCUT2D eigenvalue weighted by molar-refractivity contribution is -0.164. The topological polar surface area (TPSA) is 20.2 Å². The normalized spacial score (nSPS) is 55.1. The monoisotopic (exact) mass is 180 g/mol. The van der Waals surface area contributed by atoms with Crippen LogP contribution in [-0.2, 0) is 0 Å². The Morgan fingerprint density at radius 3 is 2.38 bits per heavy atom. The van der Waals surface area contributed by atoms with Crippen LogP contribution in [0.2, 0.25) is 0 Å². The molecule has 0 radical (unpaired) electrons. The van der Waals surface area contributed by atoms with E-state index in [1.807, 2.05) is 6.92 Å². The van der Waals surface area contributed by atoms with Crippen molar-refractivity contribution >= 4 is 0 Å². The van der Waals surface area contributed by atoms with Gasteiger partial charge >= 0.3 is 0 Å². The molecule has 0 aromatic rings. The zero-order valence-corrected chi connectivity index (χ0v) is 8.93. The Labute approximate surface area is 80.8 Å². The Morgan fingerprint density at radius 1 is 1.15 bits per heavy atom. The summed E-state index contributed by atoms with van der Waals surface area (Å²) >= 11 is 0. The third-order valence-electron chi connectivity index (χ3n) is 4.77. The van der Waals surface area contributed by atoms with E-state index in [0.717, 1.165) is 12.8 Å². The van der Waals surface area contributed by atoms with Crippen molar-refractivity contribution in [1.29, 1.82) is 0 Å². The third-order valence-corrected chi connectivity index (χ3v) is 4.77. The lowest BCUT2D eigenvalue weighted by Gasteiger charge is -2.58. The minimum atomic E-state index is -0.521. The molecule has 1 heteroatoms. The maximum atomic E-state index is 10.6. The van der Waals surface area contributed by atoms with Crippen LogP contribution in [0.15, 0.2) is 12.2 Å². The van der Waals surface area contributed by atoms with E-state index < -0.39 is 5.60 Å². The first-order valence-corrected chi connectivity index (χ1v) is 5.31. The summed E-state index contributed by atoms with van der Waals surface area (Å²) in [7, 11) is 0. The SMILES string of the molecule is CC12C=CCC(C)(CCC1)C2(C)O. The minimum absolute atomic E-state index is 0.0122. The van der Waals surface area contributed by atoms with Gasteiger partial charge in [0.1, 0.15) is 0 Å². The maximum Gasteiger partial charge on any atom is 0.0763 e. The molecule has 0 aromatic heterocycles. The molecule has 1 N–H and O–H groups in total. The Morgan fingerprint density at radius 2 is 1.85 bits per heavy atom. The second kappa shape index (κ2) is 2.38. The van der Waals surface area contributed by atoms with Gasteiger partial charge in [-0.05, 0) is 26.2 Å². The fourth-order valence-corrected chi connectivity index (χ4v) is 3.15. The molecule has 2 aliphatic carbocycles. The van der Waals surface area contributed by atoms with Crippen LogP contribution in [0.5, 0.6) is 0 Å². The van der Waals surface area contributed by atoms with Crippen molar-refractivity contribution in [3.8, 4) is 0 Å². The van der Waals surface area contributed by atoms with E-state index in [2.05, 4.69) is 26.0 Å². The number of hydrogen-bond donors (Lipinski definition) is 1. The molecule has 0 aromatic carbocycles. The van der Waals surface area contributed by atoms with Gasteiger partial charge < -0.3 is 5.11 Å². The molecule has 0 amide bonds. The zero-order chi connectivity index (χ0) is 9.74. The van der Waals surface area contributed by atoms with Gasteiger partial charge in [-0.3, -0.25) is 0 Å². The number of rotatable bonds is 0. The molecule has 2 aliphatic rings. The predicted molar refractivity (Wildman–Crippen MR) is 54.4 cm³/mol. The highest BCUT2D eigenvalue weighted by molar-refractivity contribution is 5.20. The highest BCUT2D eigenvalue weighted by atomic mass is 16.3. The molecule has 2 rings (SSSR count). The zero-order valence-electron chi connectivity index (χ0n) is 8.93. The summed E-state index contributed by atoms with van der Waals surface area (Å²) in [4.78, 5) is 0. The summed E-state index contributed by atoms with van der Waals surface area (Å²) in [5, 5.41) is 10.6. The minimum Gasteiger partial charge on any atom is -0.389 e. The van der Waals surface area contributed by atoms with Crippen molar-refractivity contribution in [2.45, 2.75) is 52.1 Å². The lowest BCUT2D eigenvalue weighted by Crippen LogP contribution is -2.59. The summed E-state index contributed by atoms with van der Waals surface area (Å²) in [6.45, 7) is 6.45. The predicted octanol–water partition coefficient (Wildman–Crippen LogP) is 2.89. The van der Waals surface area contributed by atoms with E-state index in [9.17, 15) is 5.11 Å². The molecule has 3 unspecified atom stereocenters. The number of aliphatic hydroxyl groups is 1. The average Bonchev–Trinajstić information content (AvgIpc) is 1.97. The molecule has 0 heterocycles. The van der Waals surface area contributed by atoms with Crippen molar-refractivity contribution in [2.75, 3.05) is 0 Å². The van der Waals surface area contributed by atoms with E-state index in [4.69, 9.17) is 0 Å². The molecule has 0 spiro atoms. The van der Waals surface area contributed by atoms with Crippen LogP contribution >= 0.6 is 0 Å². The van der Waals surface area contributed by atoms with Gasteiger partial charge in [0, 0.05) is 10.8 Å². The molecule has 2 bridgehead atoms. The van der Waals surface area contributed by atoms with Gasteiger partial charge in [0.05, 0.1) is 5.60 Å². The maximum absolute atomic E-state index is 10.6. The average molecular weight is 180 g/mol. The van der Waals surface area contributed by atoms with Crippen molar-refractivity contribution in [2.24, 2.45) is 10.8 Å². The highest BCUT2D eigenvalue weighted by Crippen LogP contribution is 2.58. The summed E-state index contributed by atoms with van der Waals surface area (Å²) in [6, 6.07) is 0. The number of fused-ring (bicyclic) bond motifs is 2. The fraction of sp³-hybridized carbons (Fsp3) is 0.833. The van der Waals surface area contributed by atoms with Crippen LogP contribution in [0, 0.1) is 10.8 Å². The van der Waals surface area contributed by atoms with E-state index in [0.29, 0.717) is 0 Å². The van der Waals surface area contributed by atoms with Crippen molar-refractivity contribution in [1.82, 2.24) is 0 Å². The van der Waals surface area contributed by atoms with Crippen LogP contribution in [0.25, 0.3) is 0 Å². The number of allylic oxidation sites excluding steroid dienone is 1. The van der Waals surface area contributed by atoms with E-state index in [-0.39, 0.29) is 10.8 Å². The Kier molecular flexibility index (Phi) is 1.70. The standard InChI is InChI=1S/C12H20O/c1-10-6-4-8-11(2,9-5-7-10)12(10,3)13/h4,6,13H,5,7-9H2,1-3H3. The lowest BCUT2D eigenvalue weighted by atomic mass is 9.50. The molecule has 0 saturated heterocycles. The van der Waals surface area contributed by atoms with Crippen LogP contribution in [-0.4, -0.2) is 10.7 Å². The molecule has 74 valence electrons. The van der Waals surface area contributed by atoms with Gasteiger partial charge in [0.2, 0.25) is 0 Å². The second-order valence-electron chi connectivity index (χ2n) is 5.51. The first kappa shape index (κ1) is 9.26. The van der Waals surface area contributed by atoms with E-state index in [1.54, 1.807) is 0 Å². The first-order chi connectivity index (χ1) is 5.91. The second-order valence-corrected chi connectivity index (χ2v) is 5.51. The third kappa shape index (κ3) is 0.969. The van der Waals surface area contributed by atoms with Gasteiger partial charge in [-0.15, -0.1) is 0 Å². The Hall–Kier alpha value is -0.300. The number of hydrogen-bond acceptors (Lipinski definition) is 1. The largest absolute Gasteiger partial charge is 0.389 e. The van der Waals surface area contributed by atoms with E-state index in [1.165, 1.54) is 12.8 Å². The molecular weight excluding hydrogens is 160 g/mol. The van der Waals surface area contributed by atoms with Gasteiger partial charge in [-0.25, -0.2) is 0 Å². The quantitative estimate of drug-likeness (QED) is 0.568. The van der Waals surface area contributed by atoms with Crippen LogP contribution in [0.4, 0.5) is 0 Å². The molecule has 1 saturated carbocycles. The summed E-state index contributed by atoms with van der Waals surface area (Å²) in [5.74, 6) is 0. The van der Waals surface area contributed by atoms with Crippen molar-refractivity contribution < 1.29 is 5.11 Å². The van der Waals surface area contributed by atoms with Crippen molar-refractivity contribution in [3.63, 3.8) is 0 Å². The fourth-order valence-electron chi connectivity index (χ4n) is 3.15. The Balaban J connectivity index is 2.50. The highest BCUT2D eigenvalue weighted by Gasteiger charge is 2.57. The summed E-state index contributed by atoms with van der Waals surface area (Å²) < 4.78 is 0. The molecule has 1 nitrogen and oxygen atoms in total. The molecule has 1 fully saturated rings. The molecule has 13 heavy (non-hydrogen) atoms. The van der Waals surface area contributed by atoms with Gasteiger partial charge in [0.15, 0.2) is 0 Å². The molecule has 0 aliphatic heterocycles. The van der Waals surface area contributed by atoms with Crippen molar-refractivity contribution in [3.05, 3.63) is 12.2 Å². The summed E-state index contributed by atoms with van der Waals surface area (Å²) in [6.07, 6.45) is 9.08. The van der Waals surface area contributed by atoms with Crippen LogP contribution in [0.1, 0.15) is 46.5 Å². The van der Waals surface area contributed by atoms with E-state index >= 15 is 0 Å². The van der Waals surface area contributed by atoms with Gasteiger partial charge in [-0.1, -0.05) is 32.4 Å². The molecule has 3 atom stereocenters. The van der Waals surface area contributed by atoms with Gasteiger partial charge in [0.25, 0.3) is 0 Å². The Bertz CT molecular complexity index is 254. The van der Waals surface area contributed by atoms with Crippen LogP contribution in [0.3, 0.4) is 0 Å². The van der Waals surface area contributed by atoms with Gasteiger partial charge in [-0.2, -0.15) is 0 Å². The molecular formula is C12H20O. The van der Waals surface area contributed by atoms with Crippen LogP contribution < -0.4 is 0 Å². The first-order valence-electron chi connectivity index (χ1n) is 5.31.